The second kappa shape index (κ2) is 4.65. The zero-order valence-corrected chi connectivity index (χ0v) is 9.54. The Morgan fingerprint density at radius 1 is 1.14 bits per heavy atom. The standard InChI is InChI=1S/C13H25N/c1-10-4-2-7-12(8-10)13(14)9-11-5-3-6-11/h10-13H,2-9,14H2,1H3. The van der Waals surface area contributed by atoms with Crippen LogP contribution in [0.4, 0.5) is 0 Å². The second-order valence-corrected chi connectivity index (χ2v) is 5.73. The van der Waals surface area contributed by atoms with Gasteiger partial charge in [0.25, 0.3) is 0 Å². The minimum Gasteiger partial charge on any atom is -0.327 e. The van der Waals surface area contributed by atoms with E-state index in [0.29, 0.717) is 6.04 Å². The van der Waals surface area contributed by atoms with Gasteiger partial charge in [0.2, 0.25) is 0 Å². The van der Waals surface area contributed by atoms with Crippen molar-refractivity contribution in [1.82, 2.24) is 0 Å². The Balaban J connectivity index is 1.74. The highest BCUT2D eigenvalue weighted by Crippen LogP contribution is 2.36. The van der Waals surface area contributed by atoms with Gasteiger partial charge in [0.1, 0.15) is 0 Å². The van der Waals surface area contributed by atoms with Crippen molar-refractivity contribution in [2.45, 2.75) is 64.3 Å². The quantitative estimate of drug-likeness (QED) is 0.734. The summed E-state index contributed by atoms with van der Waals surface area (Å²) in [5, 5.41) is 0. The molecule has 0 spiro atoms. The fourth-order valence-electron chi connectivity index (χ4n) is 3.18. The van der Waals surface area contributed by atoms with Crippen LogP contribution in [0, 0.1) is 17.8 Å². The summed E-state index contributed by atoms with van der Waals surface area (Å²) in [6.07, 6.45) is 11.3. The summed E-state index contributed by atoms with van der Waals surface area (Å²) < 4.78 is 0. The fraction of sp³-hybridized carbons (Fsp3) is 1.00. The van der Waals surface area contributed by atoms with Crippen LogP contribution < -0.4 is 5.73 Å². The van der Waals surface area contributed by atoms with Crippen molar-refractivity contribution in [3.05, 3.63) is 0 Å². The van der Waals surface area contributed by atoms with E-state index >= 15 is 0 Å². The molecular formula is C13H25N. The molecule has 0 radical (unpaired) electrons. The molecule has 0 heterocycles. The molecule has 82 valence electrons. The van der Waals surface area contributed by atoms with E-state index in [1.807, 2.05) is 0 Å². The second-order valence-electron chi connectivity index (χ2n) is 5.73. The molecule has 0 aromatic rings. The third-order valence-electron chi connectivity index (χ3n) is 4.41. The topological polar surface area (TPSA) is 26.0 Å². The summed E-state index contributed by atoms with van der Waals surface area (Å²) >= 11 is 0. The minimum atomic E-state index is 0.517. The van der Waals surface area contributed by atoms with Gasteiger partial charge >= 0.3 is 0 Å². The fourth-order valence-corrected chi connectivity index (χ4v) is 3.18. The number of nitrogens with two attached hydrogens (primary N) is 1. The first kappa shape index (κ1) is 10.5. The maximum atomic E-state index is 6.32. The molecule has 1 nitrogen and oxygen atoms in total. The molecule has 0 aliphatic heterocycles. The van der Waals surface area contributed by atoms with Crippen molar-refractivity contribution in [1.29, 1.82) is 0 Å². The van der Waals surface area contributed by atoms with Crippen LogP contribution in [0.15, 0.2) is 0 Å². The Labute approximate surface area is 88.4 Å². The zero-order chi connectivity index (χ0) is 9.97. The SMILES string of the molecule is CC1CCCC(C(N)CC2CCC2)C1. The Bertz CT molecular complexity index is 174. The summed E-state index contributed by atoms with van der Waals surface area (Å²) in [5.41, 5.74) is 6.32. The Kier molecular flexibility index (Phi) is 3.48. The highest BCUT2D eigenvalue weighted by Gasteiger charge is 2.28. The number of hydrogen-bond donors (Lipinski definition) is 1. The van der Waals surface area contributed by atoms with Gasteiger partial charge in [-0.05, 0) is 37.0 Å². The molecule has 2 N–H and O–H groups in total. The van der Waals surface area contributed by atoms with Crippen molar-refractivity contribution in [3.8, 4) is 0 Å². The van der Waals surface area contributed by atoms with Gasteiger partial charge in [0.15, 0.2) is 0 Å². The number of rotatable bonds is 3. The van der Waals surface area contributed by atoms with Crippen LogP contribution >= 0.6 is 0 Å². The molecule has 14 heavy (non-hydrogen) atoms. The monoisotopic (exact) mass is 195 g/mol. The van der Waals surface area contributed by atoms with Crippen LogP contribution in [0.1, 0.15) is 58.3 Å². The smallest absolute Gasteiger partial charge is 0.00698 e. The van der Waals surface area contributed by atoms with Crippen LogP contribution in [0.2, 0.25) is 0 Å². The predicted octanol–water partition coefficient (Wildman–Crippen LogP) is 3.33. The molecule has 2 fully saturated rings. The van der Waals surface area contributed by atoms with Crippen molar-refractivity contribution in [3.63, 3.8) is 0 Å². The molecule has 0 bridgehead atoms. The predicted molar refractivity (Wildman–Crippen MR) is 61.1 cm³/mol. The summed E-state index contributed by atoms with van der Waals surface area (Å²) in [6, 6.07) is 0.517. The Hall–Kier alpha value is -0.0400. The van der Waals surface area contributed by atoms with Crippen LogP contribution in [0.3, 0.4) is 0 Å². The van der Waals surface area contributed by atoms with E-state index in [2.05, 4.69) is 6.92 Å². The first-order valence-electron chi connectivity index (χ1n) is 6.51. The van der Waals surface area contributed by atoms with Gasteiger partial charge in [-0.3, -0.25) is 0 Å². The van der Waals surface area contributed by atoms with E-state index in [9.17, 15) is 0 Å². The zero-order valence-electron chi connectivity index (χ0n) is 9.54. The van der Waals surface area contributed by atoms with Crippen molar-refractivity contribution in [2.75, 3.05) is 0 Å². The molecule has 0 aromatic heterocycles. The normalized spacial score (nSPS) is 36.4. The summed E-state index contributed by atoms with van der Waals surface area (Å²) in [5.74, 6) is 2.77. The van der Waals surface area contributed by atoms with Crippen LogP contribution in [0.5, 0.6) is 0 Å². The first-order chi connectivity index (χ1) is 6.75. The molecule has 1 heteroatoms. The molecule has 0 saturated heterocycles. The van der Waals surface area contributed by atoms with Crippen molar-refractivity contribution < 1.29 is 0 Å². The third-order valence-corrected chi connectivity index (χ3v) is 4.41. The lowest BCUT2D eigenvalue weighted by atomic mass is 9.73. The number of hydrogen-bond acceptors (Lipinski definition) is 1. The Morgan fingerprint density at radius 2 is 1.86 bits per heavy atom. The molecule has 0 amide bonds. The highest BCUT2D eigenvalue weighted by molar-refractivity contribution is 4.83. The van der Waals surface area contributed by atoms with E-state index in [4.69, 9.17) is 5.73 Å². The Morgan fingerprint density at radius 3 is 2.43 bits per heavy atom. The van der Waals surface area contributed by atoms with Gasteiger partial charge in [-0.25, -0.2) is 0 Å². The maximum Gasteiger partial charge on any atom is 0.00698 e. The first-order valence-corrected chi connectivity index (χ1v) is 6.51. The maximum absolute atomic E-state index is 6.32. The van der Waals surface area contributed by atoms with E-state index in [0.717, 1.165) is 17.8 Å². The third kappa shape index (κ3) is 2.50. The molecule has 2 saturated carbocycles. The summed E-state index contributed by atoms with van der Waals surface area (Å²) in [4.78, 5) is 0. The highest BCUT2D eigenvalue weighted by atomic mass is 14.7. The molecule has 3 unspecified atom stereocenters. The lowest BCUT2D eigenvalue weighted by molar-refractivity contribution is 0.195. The molecular weight excluding hydrogens is 170 g/mol. The van der Waals surface area contributed by atoms with Gasteiger partial charge in [-0.2, -0.15) is 0 Å². The molecule has 2 aliphatic carbocycles. The molecule has 2 rings (SSSR count). The van der Waals surface area contributed by atoms with E-state index in [1.54, 1.807) is 0 Å². The lowest BCUT2D eigenvalue weighted by Crippen LogP contribution is -2.36. The van der Waals surface area contributed by atoms with Gasteiger partial charge in [0.05, 0.1) is 0 Å². The van der Waals surface area contributed by atoms with Crippen LogP contribution in [-0.4, -0.2) is 6.04 Å². The van der Waals surface area contributed by atoms with Crippen molar-refractivity contribution in [2.24, 2.45) is 23.5 Å². The lowest BCUT2D eigenvalue weighted by Gasteiger charge is -2.35. The van der Waals surface area contributed by atoms with E-state index < -0.39 is 0 Å². The average molecular weight is 195 g/mol. The van der Waals surface area contributed by atoms with Crippen LogP contribution in [0.25, 0.3) is 0 Å². The van der Waals surface area contributed by atoms with Gasteiger partial charge in [-0.1, -0.05) is 39.0 Å². The van der Waals surface area contributed by atoms with E-state index in [1.165, 1.54) is 51.4 Å². The average Bonchev–Trinajstić information content (AvgIpc) is 2.11. The van der Waals surface area contributed by atoms with Gasteiger partial charge in [0, 0.05) is 6.04 Å². The molecule has 2 aliphatic rings. The molecule has 0 aromatic carbocycles. The van der Waals surface area contributed by atoms with E-state index in [-0.39, 0.29) is 0 Å². The van der Waals surface area contributed by atoms with Gasteiger partial charge in [-0.15, -0.1) is 0 Å². The summed E-state index contributed by atoms with van der Waals surface area (Å²) in [6.45, 7) is 2.39. The largest absolute Gasteiger partial charge is 0.327 e. The van der Waals surface area contributed by atoms with Crippen molar-refractivity contribution >= 4 is 0 Å². The molecule has 3 atom stereocenters. The minimum absolute atomic E-state index is 0.517. The summed E-state index contributed by atoms with van der Waals surface area (Å²) in [7, 11) is 0. The van der Waals surface area contributed by atoms with Gasteiger partial charge < -0.3 is 5.73 Å². The van der Waals surface area contributed by atoms with Crippen LogP contribution in [-0.2, 0) is 0 Å².